The van der Waals surface area contributed by atoms with Gasteiger partial charge in [-0.3, -0.25) is 4.79 Å². The van der Waals surface area contributed by atoms with Crippen molar-refractivity contribution >= 4 is 34.7 Å². The Morgan fingerprint density at radius 1 is 0.897 bits per heavy atom. The summed E-state index contributed by atoms with van der Waals surface area (Å²) in [4.78, 5) is 24.1. The van der Waals surface area contributed by atoms with Gasteiger partial charge < -0.3 is 15.5 Å². The zero-order valence-electron chi connectivity index (χ0n) is 21.6. The Bertz CT molecular complexity index is 1620. The van der Waals surface area contributed by atoms with Crippen LogP contribution in [0.25, 0.3) is 16.8 Å². The lowest BCUT2D eigenvalue weighted by molar-refractivity contribution is -0.115. The highest BCUT2D eigenvalue weighted by atomic mass is 19.1. The Morgan fingerprint density at radius 2 is 1.64 bits per heavy atom. The van der Waals surface area contributed by atoms with Crippen LogP contribution < -0.4 is 15.5 Å². The van der Waals surface area contributed by atoms with Crippen molar-refractivity contribution in [2.24, 2.45) is 0 Å². The summed E-state index contributed by atoms with van der Waals surface area (Å²) >= 11 is 0. The van der Waals surface area contributed by atoms with E-state index in [4.69, 9.17) is 4.98 Å². The number of nitrogens with zero attached hydrogens (tertiary/aromatic N) is 5. The van der Waals surface area contributed by atoms with E-state index < -0.39 is 0 Å². The molecule has 0 spiro atoms. The second kappa shape index (κ2) is 10.5. The number of hydrogen-bond donors (Lipinski definition) is 2. The maximum atomic E-state index is 13.1. The smallest absolute Gasteiger partial charge is 0.247 e. The van der Waals surface area contributed by atoms with Gasteiger partial charge in [0, 0.05) is 30.5 Å². The third-order valence-electron chi connectivity index (χ3n) is 6.86. The molecule has 2 aromatic carbocycles. The lowest BCUT2D eigenvalue weighted by Crippen LogP contribution is -2.19. The largest absolute Gasteiger partial charge is 0.357 e. The van der Waals surface area contributed by atoms with E-state index in [2.05, 4.69) is 25.6 Å². The number of anilines is 4. The fourth-order valence-electron chi connectivity index (χ4n) is 4.77. The molecule has 2 N–H and O–H groups in total. The summed E-state index contributed by atoms with van der Waals surface area (Å²) in [6.07, 6.45) is 4.54. The summed E-state index contributed by atoms with van der Waals surface area (Å²) in [5, 5.41) is 10.8. The molecule has 0 unspecified atom stereocenters. The molecule has 0 aliphatic carbocycles. The molecular formula is C30H28FN7O. The van der Waals surface area contributed by atoms with Crippen LogP contribution in [0.15, 0.2) is 79.0 Å². The zero-order chi connectivity index (χ0) is 26.8. The van der Waals surface area contributed by atoms with Crippen molar-refractivity contribution in [3.8, 4) is 11.1 Å². The molecule has 0 radical (unpaired) electrons. The minimum absolute atomic E-state index is 0.158. The molecule has 9 heteroatoms. The molecule has 3 aromatic heterocycles. The molecule has 0 bridgehead atoms. The van der Waals surface area contributed by atoms with Crippen molar-refractivity contribution in [1.82, 2.24) is 19.6 Å². The molecule has 1 fully saturated rings. The van der Waals surface area contributed by atoms with Crippen molar-refractivity contribution in [1.29, 1.82) is 0 Å². The van der Waals surface area contributed by atoms with E-state index in [1.165, 1.54) is 25.0 Å². The van der Waals surface area contributed by atoms with Gasteiger partial charge in [-0.2, -0.15) is 4.98 Å². The second-order valence-corrected chi connectivity index (χ2v) is 9.71. The van der Waals surface area contributed by atoms with Gasteiger partial charge >= 0.3 is 0 Å². The number of nitrogens with one attached hydrogen (secondary N) is 2. The van der Waals surface area contributed by atoms with Gasteiger partial charge in [0.1, 0.15) is 11.6 Å². The monoisotopic (exact) mass is 521 g/mol. The molecule has 0 atom stereocenters. The van der Waals surface area contributed by atoms with E-state index in [9.17, 15) is 9.18 Å². The Hall–Kier alpha value is -4.79. The summed E-state index contributed by atoms with van der Waals surface area (Å²) in [5.74, 6) is 1.04. The standard InChI is InChI=1S/C30H28FN7O/c1-20-26(13-15-27(32-20)37-16-2-3-17-37)34-30-35-28-14-8-23(19-38(28)36-30)22-6-11-25(12-7-22)33-29(39)18-21-4-9-24(31)10-5-21/h4-15,19H,2-3,16-18H2,1H3,(H,33,39)(H,34,36). The van der Waals surface area contributed by atoms with Crippen LogP contribution in [0.1, 0.15) is 24.1 Å². The number of carbonyl (C=O) groups is 1. The topological polar surface area (TPSA) is 87.5 Å². The van der Waals surface area contributed by atoms with E-state index >= 15 is 0 Å². The average molecular weight is 522 g/mol. The molecule has 8 nitrogen and oxygen atoms in total. The van der Waals surface area contributed by atoms with Crippen LogP contribution in [-0.4, -0.2) is 38.6 Å². The van der Waals surface area contributed by atoms with Crippen molar-refractivity contribution in [2.45, 2.75) is 26.2 Å². The number of halogens is 1. The van der Waals surface area contributed by atoms with E-state index in [0.717, 1.165) is 52.6 Å². The van der Waals surface area contributed by atoms with Crippen molar-refractivity contribution in [3.05, 3.63) is 96.1 Å². The van der Waals surface area contributed by atoms with Gasteiger partial charge in [0.05, 0.1) is 17.8 Å². The number of pyridine rings is 2. The summed E-state index contributed by atoms with van der Waals surface area (Å²) in [5.41, 5.74) is 5.91. The molecule has 6 rings (SSSR count). The number of aryl methyl sites for hydroxylation is 1. The molecule has 0 saturated carbocycles. The van der Waals surface area contributed by atoms with Gasteiger partial charge in [0.25, 0.3) is 0 Å². The lowest BCUT2D eigenvalue weighted by Gasteiger charge is -2.17. The third-order valence-corrected chi connectivity index (χ3v) is 6.86. The normalized spacial score (nSPS) is 13.1. The first-order valence-electron chi connectivity index (χ1n) is 13.0. The maximum Gasteiger partial charge on any atom is 0.247 e. The highest BCUT2D eigenvalue weighted by Gasteiger charge is 2.15. The fraction of sp³-hybridized carbons (Fsp3) is 0.200. The SMILES string of the molecule is Cc1nc(N2CCCC2)ccc1Nc1nc2ccc(-c3ccc(NC(=O)Cc4ccc(F)cc4)cc3)cn2n1. The number of benzene rings is 2. The van der Waals surface area contributed by atoms with Gasteiger partial charge in [0.2, 0.25) is 11.9 Å². The van der Waals surface area contributed by atoms with Gasteiger partial charge in [-0.1, -0.05) is 24.3 Å². The number of fused-ring (bicyclic) bond motifs is 1. The summed E-state index contributed by atoms with van der Waals surface area (Å²) in [6.45, 7) is 4.11. The average Bonchev–Trinajstić information content (AvgIpc) is 3.61. The molecule has 1 aliphatic heterocycles. The van der Waals surface area contributed by atoms with E-state index in [1.54, 1.807) is 16.6 Å². The van der Waals surface area contributed by atoms with Crippen LogP contribution in [0, 0.1) is 12.7 Å². The molecule has 5 aromatic rings. The number of amides is 1. The quantitative estimate of drug-likeness (QED) is 0.283. The first-order valence-corrected chi connectivity index (χ1v) is 13.0. The highest BCUT2D eigenvalue weighted by molar-refractivity contribution is 5.92. The van der Waals surface area contributed by atoms with Crippen LogP contribution >= 0.6 is 0 Å². The van der Waals surface area contributed by atoms with Crippen molar-refractivity contribution in [3.63, 3.8) is 0 Å². The first kappa shape index (κ1) is 24.5. The molecule has 1 aliphatic rings. The molecule has 1 saturated heterocycles. The molecule has 4 heterocycles. The van der Waals surface area contributed by atoms with Crippen LogP contribution in [-0.2, 0) is 11.2 Å². The number of carbonyl (C=O) groups excluding carboxylic acids is 1. The number of rotatable bonds is 7. The predicted octanol–water partition coefficient (Wildman–Crippen LogP) is 5.76. The van der Waals surface area contributed by atoms with E-state index in [-0.39, 0.29) is 18.1 Å². The fourth-order valence-corrected chi connectivity index (χ4v) is 4.77. The molecule has 1 amide bonds. The maximum absolute atomic E-state index is 13.1. The lowest BCUT2D eigenvalue weighted by atomic mass is 10.1. The Morgan fingerprint density at radius 3 is 2.38 bits per heavy atom. The second-order valence-electron chi connectivity index (χ2n) is 9.71. The van der Waals surface area contributed by atoms with Gasteiger partial charge in [-0.25, -0.2) is 13.9 Å². The Labute approximate surface area is 225 Å². The third kappa shape index (κ3) is 5.57. The van der Waals surface area contributed by atoms with E-state index in [1.807, 2.05) is 61.7 Å². The molecule has 39 heavy (non-hydrogen) atoms. The van der Waals surface area contributed by atoms with Gasteiger partial charge in [0.15, 0.2) is 5.65 Å². The first-order chi connectivity index (χ1) is 19.0. The zero-order valence-corrected chi connectivity index (χ0v) is 21.6. The summed E-state index contributed by atoms with van der Waals surface area (Å²) < 4.78 is 14.8. The van der Waals surface area contributed by atoms with Gasteiger partial charge in [-0.05, 0) is 79.4 Å². The highest BCUT2D eigenvalue weighted by Crippen LogP contribution is 2.25. The van der Waals surface area contributed by atoms with Crippen molar-refractivity contribution in [2.75, 3.05) is 28.6 Å². The number of aromatic nitrogens is 4. The van der Waals surface area contributed by atoms with Crippen LogP contribution in [0.5, 0.6) is 0 Å². The minimum Gasteiger partial charge on any atom is -0.357 e. The minimum atomic E-state index is -0.318. The van der Waals surface area contributed by atoms with Gasteiger partial charge in [-0.15, -0.1) is 5.10 Å². The Balaban J connectivity index is 1.12. The number of hydrogen-bond acceptors (Lipinski definition) is 6. The summed E-state index contributed by atoms with van der Waals surface area (Å²) in [7, 11) is 0. The molecular weight excluding hydrogens is 493 g/mol. The summed E-state index contributed by atoms with van der Waals surface area (Å²) in [6, 6.07) is 21.5. The van der Waals surface area contributed by atoms with Crippen LogP contribution in [0.3, 0.4) is 0 Å². The Kier molecular flexibility index (Phi) is 6.62. The van der Waals surface area contributed by atoms with E-state index in [0.29, 0.717) is 11.6 Å². The predicted molar refractivity (Wildman–Crippen MR) is 151 cm³/mol. The van der Waals surface area contributed by atoms with Crippen LogP contribution in [0.2, 0.25) is 0 Å². The molecule has 196 valence electrons. The van der Waals surface area contributed by atoms with Crippen molar-refractivity contribution < 1.29 is 9.18 Å². The van der Waals surface area contributed by atoms with Crippen LogP contribution in [0.4, 0.5) is 27.5 Å².